The molecule has 0 aliphatic carbocycles. The Kier molecular flexibility index (Phi) is 4.94. The summed E-state index contributed by atoms with van der Waals surface area (Å²) in [5.74, 6) is -0.454. The Morgan fingerprint density at radius 3 is 2.83 bits per heavy atom. The van der Waals surface area contributed by atoms with Gasteiger partial charge in [0.2, 0.25) is 5.91 Å². The van der Waals surface area contributed by atoms with E-state index in [-0.39, 0.29) is 29.9 Å². The summed E-state index contributed by atoms with van der Waals surface area (Å²) in [6.45, 7) is 3.14. The molecule has 3 rings (SSSR count). The Balaban J connectivity index is 1.62. The smallest absolute Gasteiger partial charge is 0.309 e. The van der Waals surface area contributed by atoms with E-state index < -0.39 is 0 Å². The highest BCUT2D eigenvalue weighted by molar-refractivity contribution is 7.16. The predicted octanol–water partition coefficient (Wildman–Crippen LogP) is 1.26. The number of hydrogen-bond donors (Lipinski definition) is 0. The molecule has 0 spiro atoms. The van der Waals surface area contributed by atoms with Crippen LogP contribution in [0, 0.1) is 5.92 Å². The van der Waals surface area contributed by atoms with Crippen LogP contribution in [0.25, 0.3) is 10.2 Å². The monoisotopic (exact) mass is 349 g/mol. The number of rotatable bonds is 4. The number of ether oxygens (including phenoxy) is 1. The highest BCUT2D eigenvalue weighted by atomic mass is 32.1. The molecule has 1 aliphatic rings. The maximum atomic E-state index is 12.4. The summed E-state index contributed by atoms with van der Waals surface area (Å²) in [5.41, 5.74) is -0.198. The average molecular weight is 349 g/mol. The summed E-state index contributed by atoms with van der Waals surface area (Å²) < 4.78 is 6.37. The Bertz CT molecular complexity index is 805. The summed E-state index contributed by atoms with van der Waals surface area (Å²) in [6.07, 6.45) is 2.62. The van der Waals surface area contributed by atoms with Crippen molar-refractivity contribution in [2.45, 2.75) is 26.3 Å². The van der Waals surface area contributed by atoms with Crippen LogP contribution in [0.1, 0.15) is 19.8 Å². The summed E-state index contributed by atoms with van der Waals surface area (Å²) in [4.78, 5) is 43.1. The van der Waals surface area contributed by atoms with Gasteiger partial charge < -0.3 is 9.64 Å². The number of likely N-dealkylation sites (tertiary alicyclic amines) is 1. The number of esters is 1. The van der Waals surface area contributed by atoms with Gasteiger partial charge in [-0.25, -0.2) is 4.98 Å². The molecule has 1 saturated heterocycles. The lowest BCUT2D eigenvalue weighted by Crippen LogP contribution is -2.43. The van der Waals surface area contributed by atoms with E-state index in [0.29, 0.717) is 42.8 Å². The lowest BCUT2D eigenvalue weighted by atomic mass is 9.97. The van der Waals surface area contributed by atoms with Crippen molar-refractivity contribution in [3.8, 4) is 0 Å². The van der Waals surface area contributed by atoms with Crippen molar-refractivity contribution in [3.63, 3.8) is 0 Å². The predicted molar refractivity (Wildman–Crippen MR) is 89.8 cm³/mol. The van der Waals surface area contributed by atoms with Gasteiger partial charge in [-0.15, -0.1) is 11.3 Å². The van der Waals surface area contributed by atoms with Crippen LogP contribution in [0.4, 0.5) is 0 Å². The normalized spacial score (nSPS) is 15.6. The molecular weight excluding hydrogens is 330 g/mol. The molecule has 1 amide bonds. The first kappa shape index (κ1) is 16.6. The van der Waals surface area contributed by atoms with Crippen LogP contribution in [-0.2, 0) is 20.9 Å². The van der Waals surface area contributed by atoms with Gasteiger partial charge in [0, 0.05) is 13.1 Å². The van der Waals surface area contributed by atoms with Crippen molar-refractivity contribution in [2.24, 2.45) is 5.92 Å². The lowest BCUT2D eigenvalue weighted by Gasteiger charge is -2.31. The molecule has 1 fully saturated rings. The van der Waals surface area contributed by atoms with E-state index in [1.165, 1.54) is 22.2 Å². The first-order chi connectivity index (χ1) is 11.6. The molecule has 1 aliphatic heterocycles. The molecule has 0 atom stereocenters. The Morgan fingerprint density at radius 2 is 2.12 bits per heavy atom. The van der Waals surface area contributed by atoms with E-state index in [0.717, 1.165) is 0 Å². The van der Waals surface area contributed by atoms with Gasteiger partial charge in [0.1, 0.15) is 11.4 Å². The third kappa shape index (κ3) is 3.33. The third-order valence-corrected chi connectivity index (χ3v) is 5.04. The van der Waals surface area contributed by atoms with Gasteiger partial charge >= 0.3 is 5.97 Å². The van der Waals surface area contributed by atoms with Gasteiger partial charge in [-0.05, 0) is 31.2 Å². The summed E-state index contributed by atoms with van der Waals surface area (Å²) in [6, 6.07) is 1.72. The van der Waals surface area contributed by atoms with E-state index in [2.05, 4.69) is 4.98 Å². The van der Waals surface area contributed by atoms with Crippen molar-refractivity contribution < 1.29 is 14.3 Å². The highest BCUT2D eigenvalue weighted by Crippen LogP contribution is 2.19. The fourth-order valence-corrected chi connectivity index (χ4v) is 3.60. The first-order valence-corrected chi connectivity index (χ1v) is 8.85. The number of hydrogen-bond acceptors (Lipinski definition) is 6. The van der Waals surface area contributed by atoms with Crippen LogP contribution in [-0.4, -0.2) is 46.0 Å². The molecule has 2 aromatic rings. The maximum absolute atomic E-state index is 12.4. The highest BCUT2D eigenvalue weighted by Gasteiger charge is 2.28. The Morgan fingerprint density at radius 1 is 1.38 bits per heavy atom. The number of nitrogens with zero attached hydrogens (tertiary/aromatic N) is 3. The molecule has 0 aromatic carbocycles. The zero-order valence-corrected chi connectivity index (χ0v) is 14.3. The van der Waals surface area contributed by atoms with E-state index in [4.69, 9.17) is 4.74 Å². The molecule has 0 saturated carbocycles. The van der Waals surface area contributed by atoms with Crippen LogP contribution in [0.15, 0.2) is 22.6 Å². The fourth-order valence-electron chi connectivity index (χ4n) is 2.88. The standard InChI is InChI=1S/C16H19N3O4S/c1-2-23-16(22)11-3-6-18(7-4-11)13(20)9-19-10-17-14-12(15(19)21)5-8-24-14/h5,8,10-11H,2-4,6-7,9H2,1H3. The molecule has 7 nitrogen and oxygen atoms in total. The molecular formula is C16H19N3O4S. The Hall–Kier alpha value is -2.22. The Labute approximate surface area is 142 Å². The van der Waals surface area contributed by atoms with Gasteiger partial charge in [-0.3, -0.25) is 19.0 Å². The molecule has 3 heterocycles. The number of aromatic nitrogens is 2. The molecule has 0 bridgehead atoms. The van der Waals surface area contributed by atoms with Crippen molar-refractivity contribution in [2.75, 3.05) is 19.7 Å². The molecule has 24 heavy (non-hydrogen) atoms. The molecule has 0 N–H and O–H groups in total. The molecule has 128 valence electrons. The van der Waals surface area contributed by atoms with Crippen LogP contribution < -0.4 is 5.56 Å². The molecule has 0 radical (unpaired) electrons. The van der Waals surface area contributed by atoms with Gasteiger partial charge in [0.05, 0.1) is 24.2 Å². The molecule has 0 unspecified atom stereocenters. The minimum Gasteiger partial charge on any atom is -0.466 e. The van der Waals surface area contributed by atoms with Crippen LogP contribution >= 0.6 is 11.3 Å². The second-order valence-corrected chi connectivity index (χ2v) is 6.62. The first-order valence-electron chi connectivity index (χ1n) is 7.97. The SMILES string of the molecule is CCOC(=O)C1CCN(C(=O)Cn2cnc3sccc3c2=O)CC1. The van der Waals surface area contributed by atoms with Crippen LogP contribution in [0.5, 0.6) is 0 Å². The zero-order chi connectivity index (χ0) is 17.1. The fraction of sp³-hybridized carbons (Fsp3) is 0.500. The van der Waals surface area contributed by atoms with E-state index >= 15 is 0 Å². The maximum Gasteiger partial charge on any atom is 0.309 e. The summed E-state index contributed by atoms with van der Waals surface area (Å²) in [5, 5.41) is 2.35. The van der Waals surface area contributed by atoms with Crippen molar-refractivity contribution >= 4 is 33.4 Å². The van der Waals surface area contributed by atoms with Crippen molar-refractivity contribution in [1.29, 1.82) is 0 Å². The van der Waals surface area contributed by atoms with Crippen LogP contribution in [0.2, 0.25) is 0 Å². The number of carbonyl (C=O) groups excluding carboxylic acids is 2. The van der Waals surface area contributed by atoms with Gasteiger partial charge in [-0.1, -0.05) is 0 Å². The van der Waals surface area contributed by atoms with Crippen molar-refractivity contribution in [3.05, 3.63) is 28.1 Å². The van der Waals surface area contributed by atoms with E-state index in [1.54, 1.807) is 17.9 Å². The van der Waals surface area contributed by atoms with Gasteiger partial charge in [-0.2, -0.15) is 0 Å². The van der Waals surface area contributed by atoms with Crippen LogP contribution in [0.3, 0.4) is 0 Å². The number of fused-ring (bicyclic) bond motifs is 1. The second-order valence-electron chi connectivity index (χ2n) is 5.72. The largest absolute Gasteiger partial charge is 0.466 e. The zero-order valence-electron chi connectivity index (χ0n) is 13.4. The third-order valence-electron chi connectivity index (χ3n) is 4.22. The minimum absolute atomic E-state index is 0.0261. The van der Waals surface area contributed by atoms with E-state index in [1.807, 2.05) is 5.38 Å². The number of piperidine rings is 1. The average Bonchev–Trinajstić information content (AvgIpc) is 3.07. The molecule has 2 aromatic heterocycles. The van der Waals surface area contributed by atoms with Gasteiger partial charge in [0.25, 0.3) is 5.56 Å². The van der Waals surface area contributed by atoms with Gasteiger partial charge in [0.15, 0.2) is 0 Å². The number of amides is 1. The summed E-state index contributed by atoms with van der Waals surface area (Å²) >= 11 is 1.40. The molecule has 8 heteroatoms. The topological polar surface area (TPSA) is 81.5 Å². The summed E-state index contributed by atoms with van der Waals surface area (Å²) in [7, 11) is 0. The quantitative estimate of drug-likeness (QED) is 0.776. The minimum atomic E-state index is -0.198. The van der Waals surface area contributed by atoms with Crippen molar-refractivity contribution in [1.82, 2.24) is 14.5 Å². The lowest BCUT2D eigenvalue weighted by molar-refractivity contribution is -0.151. The number of carbonyl (C=O) groups is 2. The van der Waals surface area contributed by atoms with E-state index in [9.17, 15) is 14.4 Å². The number of thiophene rings is 1. The second kappa shape index (κ2) is 7.12.